The van der Waals surface area contributed by atoms with Gasteiger partial charge in [-0.2, -0.15) is 0 Å². The monoisotopic (exact) mass is 257 g/mol. The van der Waals surface area contributed by atoms with Gasteiger partial charge in [-0.3, -0.25) is 4.79 Å². The minimum atomic E-state index is -0.157. The summed E-state index contributed by atoms with van der Waals surface area (Å²) in [6, 6.07) is 12.6. The number of rotatable bonds is 4. The highest BCUT2D eigenvalue weighted by molar-refractivity contribution is 5.93. The Morgan fingerprint density at radius 1 is 1.26 bits per heavy atom. The van der Waals surface area contributed by atoms with Gasteiger partial charge in [-0.25, -0.2) is 4.98 Å². The van der Waals surface area contributed by atoms with Crippen molar-refractivity contribution in [2.75, 3.05) is 24.3 Å². The number of amides is 1. The number of carbonyl (C=O) groups is 1. The van der Waals surface area contributed by atoms with E-state index in [0.29, 0.717) is 17.3 Å². The molecule has 0 saturated heterocycles. The minimum Gasteiger partial charge on any atom is -0.484 e. The van der Waals surface area contributed by atoms with Crippen LogP contribution in [0.15, 0.2) is 48.7 Å². The number of anilines is 2. The molecule has 1 heterocycles. The molecule has 19 heavy (non-hydrogen) atoms. The number of nitrogens with zero attached hydrogens (tertiary/aromatic N) is 2. The second kappa shape index (κ2) is 5.86. The molecule has 98 valence electrons. The zero-order valence-electron chi connectivity index (χ0n) is 10.6. The predicted molar refractivity (Wildman–Crippen MR) is 74.0 cm³/mol. The molecule has 5 heteroatoms. The summed E-state index contributed by atoms with van der Waals surface area (Å²) in [6.45, 7) is -0.0229. The van der Waals surface area contributed by atoms with E-state index in [1.807, 2.05) is 18.2 Å². The van der Waals surface area contributed by atoms with Crippen molar-refractivity contribution >= 4 is 17.4 Å². The molecule has 0 bridgehead atoms. The fourth-order valence-corrected chi connectivity index (χ4v) is 1.50. The van der Waals surface area contributed by atoms with Crippen LogP contribution in [0.25, 0.3) is 0 Å². The molecule has 5 nitrogen and oxygen atoms in total. The van der Waals surface area contributed by atoms with Gasteiger partial charge in [0.05, 0.1) is 11.9 Å². The SMILES string of the molecule is CN(C(=O)COc1ccccc1)c1ccc(N)nc1. The maximum atomic E-state index is 11.9. The van der Waals surface area contributed by atoms with Crippen molar-refractivity contribution in [2.24, 2.45) is 0 Å². The Morgan fingerprint density at radius 3 is 2.63 bits per heavy atom. The molecule has 0 unspecified atom stereocenters. The van der Waals surface area contributed by atoms with Gasteiger partial charge in [-0.05, 0) is 24.3 Å². The standard InChI is InChI=1S/C14H15N3O2/c1-17(11-7-8-13(15)16-9-11)14(18)10-19-12-5-3-2-4-6-12/h2-9H,10H2,1H3,(H2,15,16). The Morgan fingerprint density at radius 2 is 2.00 bits per heavy atom. The fourth-order valence-electron chi connectivity index (χ4n) is 1.50. The molecule has 0 saturated carbocycles. The van der Waals surface area contributed by atoms with Gasteiger partial charge in [0, 0.05) is 7.05 Å². The number of pyridine rings is 1. The number of hydrogen-bond donors (Lipinski definition) is 1. The topological polar surface area (TPSA) is 68.5 Å². The van der Waals surface area contributed by atoms with Crippen molar-refractivity contribution in [1.29, 1.82) is 0 Å². The average Bonchev–Trinajstić information content (AvgIpc) is 2.46. The molecule has 0 spiro atoms. The number of para-hydroxylation sites is 1. The number of nitrogens with two attached hydrogens (primary N) is 1. The van der Waals surface area contributed by atoms with Crippen molar-refractivity contribution in [1.82, 2.24) is 4.98 Å². The number of aromatic nitrogens is 1. The summed E-state index contributed by atoms with van der Waals surface area (Å²) in [7, 11) is 1.67. The van der Waals surface area contributed by atoms with Crippen LogP contribution in [-0.4, -0.2) is 24.5 Å². The molecule has 0 aliphatic heterocycles. The number of hydrogen-bond acceptors (Lipinski definition) is 4. The molecule has 1 amide bonds. The number of benzene rings is 1. The molecule has 2 rings (SSSR count). The van der Waals surface area contributed by atoms with Gasteiger partial charge in [0.1, 0.15) is 11.6 Å². The van der Waals surface area contributed by atoms with Gasteiger partial charge in [0.15, 0.2) is 6.61 Å². The average molecular weight is 257 g/mol. The molecule has 0 radical (unpaired) electrons. The quantitative estimate of drug-likeness (QED) is 0.905. The minimum absolute atomic E-state index is 0.0229. The number of nitrogen functional groups attached to an aromatic ring is 1. The van der Waals surface area contributed by atoms with E-state index in [1.54, 1.807) is 37.5 Å². The summed E-state index contributed by atoms with van der Waals surface area (Å²) in [4.78, 5) is 17.4. The summed E-state index contributed by atoms with van der Waals surface area (Å²) in [5, 5.41) is 0. The third-order valence-electron chi connectivity index (χ3n) is 2.64. The lowest BCUT2D eigenvalue weighted by Gasteiger charge is -2.17. The molecule has 2 aromatic rings. The van der Waals surface area contributed by atoms with E-state index in [9.17, 15) is 4.79 Å². The summed E-state index contributed by atoms with van der Waals surface area (Å²) < 4.78 is 5.40. The van der Waals surface area contributed by atoms with Crippen LogP contribution in [0, 0.1) is 0 Å². The van der Waals surface area contributed by atoms with E-state index in [4.69, 9.17) is 10.5 Å². The second-order valence-corrected chi connectivity index (χ2v) is 4.00. The van der Waals surface area contributed by atoms with Crippen molar-refractivity contribution < 1.29 is 9.53 Å². The Kier molecular flexibility index (Phi) is 3.97. The van der Waals surface area contributed by atoms with Gasteiger partial charge in [0.25, 0.3) is 5.91 Å². The normalized spacial score (nSPS) is 9.95. The highest BCUT2D eigenvalue weighted by Crippen LogP contribution is 2.13. The maximum Gasteiger partial charge on any atom is 0.264 e. The van der Waals surface area contributed by atoms with Crippen molar-refractivity contribution in [3.63, 3.8) is 0 Å². The lowest BCUT2D eigenvalue weighted by Crippen LogP contribution is -2.31. The highest BCUT2D eigenvalue weighted by atomic mass is 16.5. The number of likely N-dealkylation sites (N-methyl/N-ethyl adjacent to an activating group) is 1. The van der Waals surface area contributed by atoms with Gasteiger partial charge in [0.2, 0.25) is 0 Å². The van der Waals surface area contributed by atoms with Crippen LogP contribution in [-0.2, 0) is 4.79 Å². The van der Waals surface area contributed by atoms with Gasteiger partial charge in [-0.1, -0.05) is 18.2 Å². The molecule has 1 aromatic heterocycles. The van der Waals surface area contributed by atoms with Gasteiger partial charge >= 0.3 is 0 Å². The first-order valence-corrected chi connectivity index (χ1v) is 5.83. The molecule has 2 N–H and O–H groups in total. The van der Waals surface area contributed by atoms with E-state index < -0.39 is 0 Å². The Hall–Kier alpha value is -2.56. The molecule has 0 atom stereocenters. The molecule has 0 aliphatic carbocycles. The van der Waals surface area contributed by atoms with E-state index in [1.165, 1.54) is 4.90 Å². The fraction of sp³-hybridized carbons (Fsp3) is 0.143. The highest BCUT2D eigenvalue weighted by Gasteiger charge is 2.11. The number of carbonyl (C=O) groups excluding carboxylic acids is 1. The van der Waals surface area contributed by atoms with Crippen LogP contribution in [0.5, 0.6) is 5.75 Å². The van der Waals surface area contributed by atoms with Crippen LogP contribution in [0.2, 0.25) is 0 Å². The lowest BCUT2D eigenvalue weighted by atomic mass is 10.3. The summed E-state index contributed by atoms with van der Waals surface area (Å²) in [6.07, 6.45) is 1.55. The first-order chi connectivity index (χ1) is 9.16. The van der Waals surface area contributed by atoms with Crippen LogP contribution >= 0.6 is 0 Å². The van der Waals surface area contributed by atoms with Crippen molar-refractivity contribution in [2.45, 2.75) is 0 Å². The third kappa shape index (κ3) is 3.45. The second-order valence-electron chi connectivity index (χ2n) is 4.00. The van der Waals surface area contributed by atoms with E-state index in [0.717, 1.165) is 0 Å². The van der Waals surface area contributed by atoms with E-state index in [2.05, 4.69) is 4.98 Å². The van der Waals surface area contributed by atoms with Gasteiger partial charge < -0.3 is 15.4 Å². The van der Waals surface area contributed by atoms with Crippen LogP contribution in [0.3, 0.4) is 0 Å². The van der Waals surface area contributed by atoms with Crippen LogP contribution < -0.4 is 15.4 Å². The Labute approximate surface area is 111 Å². The first kappa shape index (κ1) is 12.9. The largest absolute Gasteiger partial charge is 0.484 e. The first-order valence-electron chi connectivity index (χ1n) is 5.83. The van der Waals surface area contributed by atoms with Crippen LogP contribution in [0.1, 0.15) is 0 Å². The molecular weight excluding hydrogens is 242 g/mol. The van der Waals surface area contributed by atoms with E-state index in [-0.39, 0.29) is 12.5 Å². The molecule has 0 fully saturated rings. The van der Waals surface area contributed by atoms with E-state index >= 15 is 0 Å². The zero-order valence-corrected chi connectivity index (χ0v) is 10.6. The number of ether oxygens (including phenoxy) is 1. The molecule has 1 aromatic carbocycles. The summed E-state index contributed by atoms with van der Waals surface area (Å²) in [5.74, 6) is 0.931. The summed E-state index contributed by atoms with van der Waals surface area (Å²) >= 11 is 0. The third-order valence-corrected chi connectivity index (χ3v) is 2.64. The lowest BCUT2D eigenvalue weighted by molar-refractivity contribution is -0.120. The van der Waals surface area contributed by atoms with Crippen LogP contribution in [0.4, 0.5) is 11.5 Å². The Bertz CT molecular complexity index is 540. The molecule has 0 aliphatic rings. The van der Waals surface area contributed by atoms with Crippen molar-refractivity contribution in [3.8, 4) is 5.75 Å². The smallest absolute Gasteiger partial charge is 0.264 e. The zero-order chi connectivity index (χ0) is 13.7. The molecular formula is C14H15N3O2. The van der Waals surface area contributed by atoms with Crippen molar-refractivity contribution in [3.05, 3.63) is 48.7 Å². The maximum absolute atomic E-state index is 11.9. The Balaban J connectivity index is 1.94. The predicted octanol–water partition coefficient (Wildman–Crippen LogP) is 1.71. The van der Waals surface area contributed by atoms with Gasteiger partial charge in [-0.15, -0.1) is 0 Å². The summed E-state index contributed by atoms with van der Waals surface area (Å²) in [5.41, 5.74) is 6.18.